The molecule has 0 saturated carbocycles. The minimum atomic E-state index is -0.563. The van der Waals surface area contributed by atoms with Gasteiger partial charge in [-0.15, -0.1) is 0 Å². The number of ether oxygens (including phenoxy) is 1. The second-order valence-corrected chi connectivity index (χ2v) is 3.25. The fraction of sp³-hybridized carbons (Fsp3) is 0.800. The van der Waals surface area contributed by atoms with E-state index < -0.39 is 6.04 Å². The second-order valence-electron chi connectivity index (χ2n) is 3.25. The maximum absolute atomic E-state index is 11.3. The van der Waals surface area contributed by atoms with Crippen molar-refractivity contribution in [3.63, 3.8) is 0 Å². The van der Waals surface area contributed by atoms with Crippen LogP contribution in [-0.2, 0) is 14.3 Å². The van der Waals surface area contributed by atoms with Crippen LogP contribution in [0.1, 0.15) is 26.7 Å². The summed E-state index contributed by atoms with van der Waals surface area (Å²) in [4.78, 5) is 22.4. The van der Waals surface area contributed by atoms with Crippen molar-refractivity contribution in [3.05, 3.63) is 0 Å². The summed E-state index contributed by atoms with van der Waals surface area (Å²) in [5.41, 5.74) is 0. The van der Waals surface area contributed by atoms with E-state index in [0.29, 0.717) is 13.0 Å². The molecule has 0 rings (SSSR count). The third-order valence-corrected chi connectivity index (χ3v) is 1.85. The van der Waals surface area contributed by atoms with Gasteiger partial charge in [-0.2, -0.15) is 0 Å². The highest BCUT2D eigenvalue weighted by atomic mass is 16.5. The molecule has 0 radical (unpaired) electrons. The summed E-state index contributed by atoms with van der Waals surface area (Å²) in [5.74, 6) is -0.509. The Bertz CT molecular complexity index is 207. The van der Waals surface area contributed by atoms with Gasteiger partial charge in [-0.05, 0) is 33.9 Å². The highest BCUT2D eigenvalue weighted by Gasteiger charge is 2.15. The van der Waals surface area contributed by atoms with Crippen molar-refractivity contribution in [1.29, 1.82) is 0 Å². The van der Waals surface area contributed by atoms with Crippen LogP contribution in [0.15, 0.2) is 0 Å². The predicted octanol–water partition coefficient (Wildman–Crippen LogP) is 0.0538. The van der Waals surface area contributed by atoms with Crippen molar-refractivity contribution in [2.75, 3.05) is 20.2 Å². The lowest BCUT2D eigenvalue weighted by atomic mass is 10.2. The number of amides is 1. The van der Waals surface area contributed by atoms with E-state index in [0.717, 1.165) is 13.0 Å². The Kier molecular flexibility index (Phi) is 7.62. The number of nitrogens with one attached hydrogen (secondary N) is 2. The fourth-order valence-corrected chi connectivity index (χ4v) is 1.07. The average Bonchev–Trinajstić information content (AvgIpc) is 2.18. The molecular formula is C10H20N2O3. The molecule has 0 aliphatic heterocycles. The highest BCUT2D eigenvalue weighted by molar-refractivity contribution is 5.84. The first-order valence-corrected chi connectivity index (χ1v) is 5.22. The van der Waals surface area contributed by atoms with Crippen LogP contribution in [0.3, 0.4) is 0 Å². The van der Waals surface area contributed by atoms with Crippen molar-refractivity contribution in [1.82, 2.24) is 10.6 Å². The summed E-state index contributed by atoms with van der Waals surface area (Å²) in [5, 5.41) is 5.53. The summed E-state index contributed by atoms with van der Waals surface area (Å²) >= 11 is 0. The van der Waals surface area contributed by atoms with E-state index in [2.05, 4.69) is 10.6 Å². The van der Waals surface area contributed by atoms with Gasteiger partial charge in [-0.1, -0.05) is 0 Å². The molecule has 0 aromatic rings. The highest BCUT2D eigenvalue weighted by Crippen LogP contribution is 1.92. The maximum atomic E-state index is 11.3. The molecule has 1 amide bonds. The van der Waals surface area contributed by atoms with Gasteiger partial charge in [-0.3, -0.25) is 4.79 Å². The number of rotatable bonds is 7. The van der Waals surface area contributed by atoms with E-state index in [4.69, 9.17) is 4.74 Å². The quantitative estimate of drug-likeness (QED) is 0.466. The third-order valence-electron chi connectivity index (χ3n) is 1.85. The minimum absolute atomic E-state index is 0.120. The summed E-state index contributed by atoms with van der Waals surface area (Å²) < 4.78 is 4.76. The zero-order valence-corrected chi connectivity index (χ0v) is 9.63. The van der Waals surface area contributed by atoms with Crippen LogP contribution in [0.5, 0.6) is 0 Å². The van der Waals surface area contributed by atoms with Crippen molar-refractivity contribution in [3.8, 4) is 0 Å². The average molecular weight is 216 g/mol. The molecule has 2 N–H and O–H groups in total. The van der Waals surface area contributed by atoms with Crippen molar-refractivity contribution >= 4 is 11.9 Å². The molecule has 5 heteroatoms. The van der Waals surface area contributed by atoms with E-state index in [1.54, 1.807) is 13.8 Å². The van der Waals surface area contributed by atoms with Crippen LogP contribution < -0.4 is 10.6 Å². The van der Waals surface area contributed by atoms with Crippen LogP contribution >= 0.6 is 0 Å². The third kappa shape index (κ3) is 6.90. The van der Waals surface area contributed by atoms with Gasteiger partial charge < -0.3 is 15.4 Å². The van der Waals surface area contributed by atoms with Crippen LogP contribution in [0.2, 0.25) is 0 Å². The van der Waals surface area contributed by atoms with Gasteiger partial charge in [0.05, 0.1) is 6.61 Å². The molecule has 0 aliphatic rings. The van der Waals surface area contributed by atoms with Gasteiger partial charge in [0.2, 0.25) is 5.91 Å². The largest absolute Gasteiger partial charge is 0.464 e. The summed E-state index contributed by atoms with van der Waals surface area (Å²) in [6, 6.07) is -0.563. The monoisotopic (exact) mass is 216 g/mol. The molecule has 0 aromatic heterocycles. The lowest BCUT2D eigenvalue weighted by Crippen LogP contribution is -2.39. The van der Waals surface area contributed by atoms with Gasteiger partial charge in [-0.25, -0.2) is 4.79 Å². The summed E-state index contributed by atoms with van der Waals surface area (Å²) in [6.07, 6.45) is 1.18. The van der Waals surface area contributed by atoms with Gasteiger partial charge in [0, 0.05) is 6.42 Å². The molecule has 0 bridgehead atoms. The summed E-state index contributed by atoms with van der Waals surface area (Å²) in [6.45, 7) is 4.48. The van der Waals surface area contributed by atoms with Crippen molar-refractivity contribution in [2.45, 2.75) is 32.7 Å². The Morgan fingerprint density at radius 2 is 2.07 bits per heavy atom. The van der Waals surface area contributed by atoms with Crippen LogP contribution in [0.4, 0.5) is 0 Å². The van der Waals surface area contributed by atoms with Gasteiger partial charge in [0.15, 0.2) is 0 Å². The van der Waals surface area contributed by atoms with E-state index in [1.165, 1.54) is 0 Å². The zero-order valence-electron chi connectivity index (χ0n) is 9.63. The van der Waals surface area contributed by atoms with Gasteiger partial charge in [0.25, 0.3) is 0 Å². The van der Waals surface area contributed by atoms with E-state index >= 15 is 0 Å². The molecule has 15 heavy (non-hydrogen) atoms. The lowest BCUT2D eigenvalue weighted by Gasteiger charge is -2.12. The predicted molar refractivity (Wildman–Crippen MR) is 57.4 cm³/mol. The molecule has 88 valence electrons. The molecule has 0 saturated heterocycles. The number of hydrogen-bond acceptors (Lipinski definition) is 4. The molecule has 5 nitrogen and oxygen atoms in total. The molecular weight excluding hydrogens is 196 g/mol. The first-order chi connectivity index (χ1) is 7.11. The maximum Gasteiger partial charge on any atom is 0.328 e. The van der Waals surface area contributed by atoms with Crippen molar-refractivity contribution in [2.24, 2.45) is 0 Å². The van der Waals surface area contributed by atoms with Gasteiger partial charge >= 0.3 is 5.97 Å². The first-order valence-electron chi connectivity index (χ1n) is 5.22. The van der Waals surface area contributed by atoms with Crippen molar-refractivity contribution < 1.29 is 14.3 Å². The fourth-order valence-electron chi connectivity index (χ4n) is 1.07. The minimum Gasteiger partial charge on any atom is -0.464 e. The molecule has 1 unspecified atom stereocenters. The molecule has 0 aromatic carbocycles. The molecule has 0 aliphatic carbocycles. The molecule has 0 fully saturated rings. The van der Waals surface area contributed by atoms with E-state index in [9.17, 15) is 9.59 Å². The Morgan fingerprint density at radius 3 is 2.60 bits per heavy atom. The molecule has 0 spiro atoms. The normalized spacial score (nSPS) is 11.9. The number of carbonyl (C=O) groups excluding carboxylic acids is 2. The first kappa shape index (κ1) is 13.9. The van der Waals surface area contributed by atoms with E-state index in [1.807, 2.05) is 7.05 Å². The standard InChI is InChI=1S/C10H20N2O3/c1-4-15-10(14)8(2)12-9(13)6-5-7-11-3/h8,11H,4-7H2,1-3H3,(H,12,13). The topological polar surface area (TPSA) is 67.4 Å². The Balaban J connectivity index is 3.70. The number of esters is 1. The SMILES string of the molecule is CCOC(=O)C(C)NC(=O)CCCNC. The summed E-state index contributed by atoms with van der Waals surface area (Å²) in [7, 11) is 1.83. The smallest absolute Gasteiger partial charge is 0.328 e. The van der Waals surface area contributed by atoms with Gasteiger partial charge in [0.1, 0.15) is 6.04 Å². The van der Waals surface area contributed by atoms with E-state index in [-0.39, 0.29) is 11.9 Å². The second kappa shape index (κ2) is 8.23. The molecule has 1 atom stereocenters. The van der Waals surface area contributed by atoms with Crippen LogP contribution in [-0.4, -0.2) is 38.1 Å². The van der Waals surface area contributed by atoms with Crippen LogP contribution in [0.25, 0.3) is 0 Å². The Labute approximate surface area is 90.6 Å². The Morgan fingerprint density at radius 1 is 1.40 bits per heavy atom. The van der Waals surface area contributed by atoms with Crippen LogP contribution in [0, 0.1) is 0 Å². The zero-order chi connectivity index (χ0) is 11.7. The number of hydrogen-bond donors (Lipinski definition) is 2. The number of carbonyl (C=O) groups is 2. The lowest BCUT2D eigenvalue weighted by molar-refractivity contribution is -0.146. The molecule has 0 heterocycles. The Hall–Kier alpha value is -1.10.